The third-order valence-electron chi connectivity index (χ3n) is 3.33. The number of likely N-dealkylation sites (tertiary alicyclic amines) is 1. The Balaban J connectivity index is 1.58. The van der Waals surface area contributed by atoms with E-state index in [0.717, 1.165) is 5.75 Å². The topological polar surface area (TPSA) is 66.2 Å². The predicted molar refractivity (Wildman–Crippen MR) is 75.7 cm³/mol. The first kappa shape index (κ1) is 13.1. The molecule has 1 fully saturated rings. The molecule has 5 nitrogen and oxygen atoms in total. The molecule has 0 N–H and O–H groups in total. The number of nitrogens with zero attached hydrogens (tertiary/aromatic N) is 3. The minimum Gasteiger partial charge on any atom is -0.487 e. The van der Waals surface area contributed by atoms with Crippen LogP contribution in [0.1, 0.15) is 15.9 Å². The van der Waals surface area contributed by atoms with Crippen molar-refractivity contribution < 1.29 is 9.53 Å². The third-order valence-corrected chi connectivity index (χ3v) is 3.33. The Labute approximate surface area is 122 Å². The Bertz CT molecular complexity index is 688. The van der Waals surface area contributed by atoms with Crippen molar-refractivity contribution in [2.45, 2.75) is 6.10 Å². The summed E-state index contributed by atoms with van der Waals surface area (Å²) in [6.45, 7) is 1.11. The Morgan fingerprint density at radius 3 is 2.76 bits per heavy atom. The van der Waals surface area contributed by atoms with Gasteiger partial charge in [0.2, 0.25) is 0 Å². The second kappa shape index (κ2) is 5.63. The molecular formula is C16H13N3O2. The lowest BCUT2D eigenvalue weighted by Crippen LogP contribution is -2.56. The summed E-state index contributed by atoms with van der Waals surface area (Å²) in [6.07, 6.45) is 3.35. The van der Waals surface area contributed by atoms with E-state index in [1.807, 2.05) is 6.07 Å². The van der Waals surface area contributed by atoms with E-state index < -0.39 is 0 Å². The minimum absolute atomic E-state index is 0.00972. The van der Waals surface area contributed by atoms with Crippen molar-refractivity contribution in [3.8, 4) is 11.8 Å². The molecule has 1 aliphatic rings. The van der Waals surface area contributed by atoms with Crippen LogP contribution in [0.4, 0.5) is 0 Å². The van der Waals surface area contributed by atoms with Crippen molar-refractivity contribution >= 4 is 5.91 Å². The number of pyridine rings is 1. The average Bonchev–Trinajstić information content (AvgIpc) is 2.51. The van der Waals surface area contributed by atoms with Gasteiger partial charge in [-0.1, -0.05) is 6.07 Å². The van der Waals surface area contributed by atoms with Gasteiger partial charge in [-0.3, -0.25) is 9.78 Å². The zero-order valence-electron chi connectivity index (χ0n) is 11.3. The van der Waals surface area contributed by atoms with E-state index >= 15 is 0 Å². The Morgan fingerprint density at radius 2 is 2.05 bits per heavy atom. The maximum absolute atomic E-state index is 12.2. The van der Waals surface area contributed by atoms with Crippen LogP contribution in [-0.2, 0) is 0 Å². The molecule has 1 amide bonds. The van der Waals surface area contributed by atoms with Gasteiger partial charge in [-0.25, -0.2) is 0 Å². The normalized spacial score (nSPS) is 14.1. The van der Waals surface area contributed by atoms with Gasteiger partial charge in [0.15, 0.2) is 0 Å². The molecule has 2 aromatic rings. The molecule has 1 aromatic carbocycles. The maximum Gasteiger partial charge on any atom is 0.254 e. The molecule has 1 saturated heterocycles. The zero-order chi connectivity index (χ0) is 14.7. The van der Waals surface area contributed by atoms with Crippen molar-refractivity contribution in [2.75, 3.05) is 13.1 Å². The second-order valence-corrected chi connectivity index (χ2v) is 4.83. The lowest BCUT2D eigenvalue weighted by Gasteiger charge is -2.39. The van der Waals surface area contributed by atoms with Gasteiger partial charge < -0.3 is 9.64 Å². The first-order valence-electron chi connectivity index (χ1n) is 6.62. The highest BCUT2D eigenvalue weighted by molar-refractivity contribution is 5.95. The largest absolute Gasteiger partial charge is 0.487 e. The molecule has 3 rings (SSSR count). The number of amides is 1. The van der Waals surface area contributed by atoms with Crippen LogP contribution in [0.15, 0.2) is 48.8 Å². The first-order chi connectivity index (χ1) is 10.3. The van der Waals surface area contributed by atoms with Crippen LogP contribution in [0, 0.1) is 11.3 Å². The molecule has 0 bridgehead atoms. The predicted octanol–water partition coefficient (Wildman–Crippen LogP) is 1.86. The smallest absolute Gasteiger partial charge is 0.254 e. The van der Waals surface area contributed by atoms with Crippen LogP contribution in [0.25, 0.3) is 0 Å². The van der Waals surface area contributed by atoms with Gasteiger partial charge in [-0.05, 0) is 30.3 Å². The monoisotopic (exact) mass is 279 g/mol. The van der Waals surface area contributed by atoms with Crippen LogP contribution in [0.3, 0.4) is 0 Å². The maximum atomic E-state index is 12.2. The van der Waals surface area contributed by atoms with Gasteiger partial charge in [-0.2, -0.15) is 5.26 Å². The number of nitriles is 1. The summed E-state index contributed by atoms with van der Waals surface area (Å²) < 4.78 is 5.73. The van der Waals surface area contributed by atoms with E-state index in [4.69, 9.17) is 10.00 Å². The summed E-state index contributed by atoms with van der Waals surface area (Å²) in [5.41, 5.74) is 1.03. The van der Waals surface area contributed by atoms with E-state index in [-0.39, 0.29) is 12.0 Å². The molecule has 1 aromatic heterocycles. The summed E-state index contributed by atoms with van der Waals surface area (Å²) in [5.74, 6) is 0.690. The average molecular weight is 279 g/mol. The molecule has 0 radical (unpaired) electrons. The quantitative estimate of drug-likeness (QED) is 0.860. The summed E-state index contributed by atoms with van der Waals surface area (Å²) in [7, 11) is 0. The SMILES string of the molecule is N#Cc1cccc(C(=O)N2CC(Oc3ccncc3)C2)c1. The highest BCUT2D eigenvalue weighted by Gasteiger charge is 2.32. The van der Waals surface area contributed by atoms with Crippen molar-refractivity contribution in [1.82, 2.24) is 9.88 Å². The van der Waals surface area contributed by atoms with Gasteiger partial charge in [-0.15, -0.1) is 0 Å². The lowest BCUT2D eigenvalue weighted by atomic mass is 10.1. The molecule has 104 valence electrons. The molecule has 21 heavy (non-hydrogen) atoms. The molecule has 0 aliphatic carbocycles. The minimum atomic E-state index is -0.0679. The Kier molecular flexibility index (Phi) is 3.52. The number of carbonyl (C=O) groups is 1. The summed E-state index contributed by atoms with van der Waals surface area (Å²) in [6, 6.07) is 12.4. The first-order valence-corrected chi connectivity index (χ1v) is 6.62. The summed E-state index contributed by atoms with van der Waals surface area (Å²) >= 11 is 0. The van der Waals surface area contributed by atoms with Gasteiger partial charge in [0.05, 0.1) is 24.7 Å². The van der Waals surface area contributed by atoms with Crippen molar-refractivity contribution in [3.63, 3.8) is 0 Å². The number of benzene rings is 1. The van der Waals surface area contributed by atoms with Gasteiger partial charge in [0, 0.05) is 18.0 Å². The molecule has 0 saturated carbocycles. The number of aromatic nitrogens is 1. The fourth-order valence-corrected chi connectivity index (χ4v) is 2.19. The third kappa shape index (κ3) is 2.84. The molecule has 2 heterocycles. The van der Waals surface area contributed by atoms with E-state index in [9.17, 15) is 4.79 Å². The Hall–Kier alpha value is -2.87. The van der Waals surface area contributed by atoms with Gasteiger partial charge >= 0.3 is 0 Å². The van der Waals surface area contributed by atoms with Crippen LogP contribution in [0.2, 0.25) is 0 Å². The Morgan fingerprint density at radius 1 is 1.29 bits per heavy atom. The molecular weight excluding hydrogens is 266 g/mol. The molecule has 0 atom stereocenters. The highest BCUT2D eigenvalue weighted by Crippen LogP contribution is 2.19. The van der Waals surface area contributed by atoms with Crippen molar-refractivity contribution in [3.05, 3.63) is 59.9 Å². The van der Waals surface area contributed by atoms with Crippen LogP contribution in [-0.4, -0.2) is 35.0 Å². The van der Waals surface area contributed by atoms with E-state index in [2.05, 4.69) is 4.98 Å². The fraction of sp³-hybridized carbons (Fsp3) is 0.188. The van der Waals surface area contributed by atoms with Crippen LogP contribution >= 0.6 is 0 Å². The lowest BCUT2D eigenvalue weighted by molar-refractivity contribution is 0.0177. The van der Waals surface area contributed by atoms with Gasteiger partial charge in [0.1, 0.15) is 11.9 Å². The number of hydrogen-bond donors (Lipinski definition) is 0. The fourth-order valence-electron chi connectivity index (χ4n) is 2.19. The molecule has 0 unspecified atom stereocenters. The highest BCUT2D eigenvalue weighted by atomic mass is 16.5. The molecule has 1 aliphatic heterocycles. The summed E-state index contributed by atoms with van der Waals surface area (Å²) in [4.78, 5) is 17.9. The van der Waals surface area contributed by atoms with E-state index in [1.54, 1.807) is 53.7 Å². The van der Waals surface area contributed by atoms with Crippen LogP contribution in [0.5, 0.6) is 5.75 Å². The standard InChI is InChI=1S/C16H13N3O2/c17-9-12-2-1-3-13(8-12)16(20)19-10-15(11-19)21-14-4-6-18-7-5-14/h1-8,15H,10-11H2. The molecule has 5 heteroatoms. The number of rotatable bonds is 3. The van der Waals surface area contributed by atoms with Crippen LogP contribution < -0.4 is 4.74 Å². The number of carbonyl (C=O) groups excluding carboxylic acids is 1. The second-order valence-electron chi connectivity index (χ2n) is 4.83. The van der Waals surface area contributed by atoms with Gasteiger partial charge in [0.25, 0.3) is 5.91 Å². The summed E-state index contributed by atoms with van der Waals surface area (Å²) in [5, 5.41) is 8.86. The zero-order valence-corrected chi connectivity index (χ0v) is 11.3. The molecule has 0 spiro atoms. The number of hydrogen-bond acceptors (Lipinski definition) is 4. The van der Waals surface area contributed by atoms with E-state index in [0.29, 0.717) is 24.2 Å². The number of ether oxygens (including phenoxy) is 1. The van der Waals surface area contributed by atoms with E-state index in [1.165, 1.54) is 0 Å². The van der Waals surface area contributed by atoms with Crippen molar-refractivity contribution in [2.24, 2.45) is 0 Å². The van der Waals surface area contributed by atoms with Crippen molar-refractivity contribution in [1.29, 1.82) is 5.26 Å².